The summed E-state index contributed by atoms with van der Waals surface area (Å²) in [6.07, 6.45) is 1.37. The SMILES string of the molecule is O=c1[nH]c(=O)n(COCCCl)cc1Br. The van der Waals surface area contributed by atoms with Gasteiger partial charge in [0.05, 0.1) is 11.1 Å². The van der Waals surface area contributed by atoms with Gasteiger partial charge >= 0.3 is 5.69 Å². The van der Waals surface area contributed by atoms with Crippen molar-refractivity contribution in [1.82, 2.24) is 9.55 Å². The van der Waals surface area contributed by atoms with Crippen molar-refractivity contribution in [3.05, 3.63) is 31.5 Å². The second-order valence-corrected chi connectivity index (χ2v) is 3.66. The fourth-order valence-electron chi connectivity index (χ4n) is 0.796. The summed E-state index contributed by atoms with van der Waals surface area (Å²) in [5, 5.41) is 0. The maximum Gasteiger partial charge on any atom is 0.330 e. The van der Waals surface area contributed by atoms with Gasteiger partial charge in [0.25, 0.3) is 5.56 Å². The molecule has 0 radical (unpaired) electrons. The van der Waals surface area contributed by atoms with Gasteiger partial charge in [0.15, 0.2) is 0 Å². The molecule has 1 rings (SSSR count). The summed E-state index contributed by atoms with van der Waals surface area (Å²) < 4.78 is 6.55. The summed E-state index contributed by atoms with van der Waals surface area (Å²) in [5.41, 5.74) is -0.962. The average Bonchev–Trinajstić information content (AvgIpc) is 2.14. The van der Waals surface area contributed by atoms with E-state index in [2.05, 4.69) is 20.9 Å². The summed E-state index contributed by atoms with van der Waals surface area (Å²) in [5.74, 6) is 0.360. The molecule has 1 aromatic heterocycles. The molecule has 0 amide bonds. The van der Waals surface area contributed by atoms with Crippen LogP contribution in [0.25, 0.3) is 0 Å². The minimum atomic E-state index is -0.507. The highest BCUT2D eigenvalue weighted by Gasteiger charge is 2.00. The van der Waals surface area contributed by atoms with Crippen molar-refractivity contribution in [3.63, 3.8) is 0 Å². The number of nitrogens with zero attached hydrogens (tertiary/aromatic N) is 1. The number of alkyl halides is 1. The molecule has 0 aliphatic rings. The van der Waals surface area contributed by atoms with E-state index in [1.807, 2.05) is 0 Å². The number of rotatable bonds is 4. The Kier molecular flexibility index (Phi) is 4.37. The van der Waals surface area contributed by atoms with Crippen LogP contribution < -0.4 is 11.2 Å². The Morgan fingerprint density at radius 2 is 2.29 bits per heavy atom. The van der Waals surface area contributed by atoms with Crippen molar-refractivity contribution in [2.24, 2.45) is 0 Å². The summed E-state index contributed by atoms with van der Waals surface area (Å²) >= 11 is 8.39. The second kappa shape index (κ2) is 5.33. The van der Waals surface area contributed by atoms with Crippen LogP contribution in [0, 0.1) is 0 Å². The van der Waals surface area contributed by atoms with E-state index in [0.29, 0.717) is 12.5 Å². The van der Waals surface area contributed by atoms with E-state index in [0.717, 1.165) is 0 Å². The first kappa shape index (κ1) is 11.5. The van der Waals surface area contributed by atoms with Gasteiger partial charge in [-0.05, 0) is 15.9 Å². The van der Waals surface area contributed by atoms with Crippen LogP contribution in [0.1, 0.15) is 0 Å². The highest BCUT2D eigenvalue weighted by molar-refractivity contribution is 9.10. The van der Waals surface area contributed by atoms with Crippen LogP contribution in [0.3, 0.4) is 0 Å². The van der Waals surface area contributed by atoms with E-state index >= 15 is 0 Å². The van der Waals surface area contributed by atoms with Gasteiger partial charge in [0.1, 0.15) is 6.73 Å². The molecule has 0 bridgehead atoms. The standard InChI is InChI=1S/C7H8BrClN2O3/c8-5-3-11(4-14-2-1-9)7(13)10-6(5)12/h3H,1-2,4H2,(H,10,12,13). The number of hydrogen-bond acceptors (Lipinski definition) is 3. The lowest BCUT2D eigenvalue weighted by molar-refractivity contribution is 0.0856. The number of ether oxygens (including phenoxy) is 1. The predicted molar refractivity (Wildman–Crippen MR) is 55.7 cm³/mol. The molecule has 0 unspecified atom stereocenters. The van der Waals surface area contributed by atoms with Crippen LogP contribution in [-0.4, -0.2) is 22.0 Å². The van der Waals surface area contributed by atoms with Crippen LogP contribution in [0.5, 0.6) is 0 Å². The molecule has 0 fully saturated rings. The van der Waals surface area contributed by atoms with Gasteiger partial charge in [0.2, 0.25) is 0 Å². The summed E-state index contributed by atoms with van der Waals surface area (Å²) in [4.78, 5) is 24.2. The zero-order chi connectivity index (χ0) is 10.6. The quantitative estimate of drug-likeness (QED) is 0.647. The van der Waals surface area contributed by atoms with Gasteiger partial charge in [0, 0.05) is 12.1 Å². The molecule has 0 atom stereocenters. The van der Waals surface area contributed by atoms with Crippen molar-refractivity contribution >= 4 is 27.5 Å². The van der Waals surface area contributed by atoms with Gasteiger partial charge in [-0.15, -0.1) is 11.6 Å². The van der Waals surface area contributed by atoms with Crippen molar-refractivity contribution < 1.29 is 4.74 Å². The van der Waals surface area contributed by atoms with E-state index in [9.17, 15) is 9.59 Å². The van der Waals surface area contributed by atoms with Crippen LogP contribution in [0.2, 0.25) is 0 Å². The third kappa shape index (κ3) is 2.97. The zero-order valence-corrected chi connectivity index (χ0v) is 9.47. The minimum Gasteiger partial charge on any atom is -0.359 e. The van der Waals surface area contributed by atoms with Crippen molar-refractivity contribution in [3.8, 4) is 0 Å². The highest BCUT2D eigenvalue weighted by atomic mass is 79.9. The van der Waals surface area contributed by atoms with Crippen LogP contribution in [0.4, 0.5) is 0 Å². The minimum absolute atomic E-state index is 0.0704. The number of hydrogen-bond donors (Lipinski definition) is 1. The summed E-state index contributed by atoms with van der Waals surface area (Å²) in [7, 11) is 0. The van der Waals surface area contributed by atoms with Gasteiger partial charge in [-0.2, -0.15) is 0 Å². The predicted octanol–water partition coefficient (Wildman–Crippen LogP) is 0.512. The average molecular weight is 284 g/mol. The van der Waals surface area contributed by atoms with Crippen molar-refractivity contribution in [2.75, 3.05) is 12.5 Å². The smallest absolute Gasteiger partial charge is 0.330 e. The van der Waals surface area contributed by atoms with E-state index < -0.39 is 11.2 Å². The van der Waals surface area contributed by atoms with Gasteiger partial charge < -0.3 is 4.74 Å². The highest BCUT2D eigenvalue weighted by Crippen LogP contribution is 1.97. The summed E-state index contributed by atoms with van der Waals surface area (Å²) in [6.45, 7) is 0.422. The Labute approximate surface area is 92.8 Å². The molecule has 1 heterocycles. The fraction of sp³-hybridized carbons (Fsp3) is 0.429. The molecule has 78 valence electrons. The number of aromatic nitrogens is 2. The van der Waals surface area contributed by atoms with Crippen molar-refractivity contribution in [2.45, 2.75) is 6.73 Å². The molecule has 1 aromatic rings. The van der Waals surface area contributed by atoms with E-state index in [1.54, 1.807) is 0 Å². The second-order valence-electron chi connectivity index (χ2n) is 2.43. The topological polar surface area (TPSA) is 64.1 Å². The first-order valence-corrected chi connectivity index (χ1v) is 5.11. The lowest BCUT2D eigenvalue weighted by Gasteiger charge is -2.04. The number of aromatic amines is 1. The maximum absolute atomic E-state index is 11.2. The molecular weight excluding hydrogens is 275 g/mol. The lowest BCUT2D eigenvalue weighted by atomic mass is 10.6. The molecule has 0 spiro atoms. The molecule has 0 aliphatic carbocycles. The first-order valence-electron chi connectivity index (χ1n) is 3.78. The molecule has 0 saturated carbocycles. The molecule has 0 aliphatic heterocycles. The van der Waals surface area contributed by atoms with Gasteiger partial charge in [-0.1, -0.05) is 0 Å². The Balaban J connectivity index is 2.82. The number of H-pyrrole nitrogens is 1. The van der Waals surface area contributed by atoms with Crippen LogP contribution >= 0.6 is 27.5 Å². The van der Waals surface area contributed by atoms with Crippen LogP contribution in [-0.2, 0) is 11.5 Å². The Morgan fingerprint density at radius 1 is 1.57 bits per heavy atom. The monoisotopic (exact) mass is 282 g/mol. The molecule has 5 nitrogen and oxygen atoms in total. The van der Waals surface area contributed by atoms with Gasteiger partial charge in [-0.3, -0.25) is 14.3 Å². The lowest BCUT2D eigenvalue weighted by Crippen LogP contribution is -2.30. The fourth-order valence-corrected chi connectivity index (χ4v) is 1.25. The van der Waals surface area contributed by atoms with Gasteiger partial charge in [-0.25, -0.2) is 4.79 Å². The molecule has 1 N–H and O–H groups in total. The van der Waals surface area contributed by atoms with Crippen molar-refractivity contribution in [1.29, 1.82) is 0 Å². The van der Waals surface area contributed by atoms with E-state index in [4.69, 9.17) is 16.3 Å². The molecular formula is C7H8BrClN2O3. The molecule has 7 heteroatoms. The molecule has 0 aromatic carbocycles. The van der Waals surface area contributed by atoms with E-state index in [-0.39, 0.29) is 11.2 Å². The largest absolute Gasteiger partial charge is 0.359 e. The molecule has 0 saturated heterocycles. The number of nitrogens with one attached hydrogen (secondary N) is 1. The van der Waals surface area contributed by atoms with E-state index in [1.165, 1.54) is 10.8 Å². The Hall–Kier alpha value is -0.590. The Morgan fingerprint density at radius 3 is 2.93 bits per heavy atom. The van der Waals surface area contributed by atoms with Crippen LogP contribution in [0.15, 0.2) is 20.3 Å². The summed E-state index contributed by atoms with van der Waals surface area (Å²) in [6, 6.07) is 0. The third-order valence-corrected chi connectivity index (χ3v) is 2.14. The maximum atomic E-state index is 11.2. The first-order chi connectivity index (χ1) is 6.65. The molecule has 14 heavy (non-hydrogen) atoms. The Bertz CT molecular complexity index is 414. The number of halogens is 2. The third-order valence-electron chi connectivity index (χ3n) is 1.42. The zero-order valence-electron chi connectivity index (χ0n) is 7.13. The normalized spacial score (nSPS) is 10.4.